The first-order valence-electron chi connectivity index (χ1n) is 9.99. The number of anilines is 1. The third-order valence-corrected chi connectivity index (χ3v) is 5.93. The van der Waals surface area contributed by atoms with E-state index in [1.165, 1.54) is 11.1 Å². The molecule has 1 saturated carbocycles. The molecule has 2 aromatic rings. The zero-order valence-corrected chi connectivity index (χ0v) is 15.9. The molecule has 0 N–H and O–H groups in total. The Labute approximate surface area is 160 Å². The van der Waals surface area contributed by atoms with E-state index in [0.717, 1.165) is 51.0 Å². The molecule has 5 heteroatoms. The van der Waals surface area contributed by atoms with Gasteiger partial charge in [0.15, 0.2) is 0 Å². The molecule has 5 nitrogen and oxygen atoms in total. The molecule has 2 heterocycles. The Morgan fingerprint density at radius 2 is 1.85 bits per heavy atom. The lowest BCUT2D eigenvalue weighted by Gasteiger charge is -2.32. The highest BCUT2D eigenvalue weighted by Crippen LogP contribution is 2.37. The summed E-state index contributed by atoms with van der Waals surface area (Å²) in [6, 6.07) is 8.67. The second-order valence-corrected chi connectivity index (χ2v) is 7.75. The molecule has 2 fully saturated rings. The first-order valence-corrected chi connectivity index (χ1v) is 9.99. The molecular formula is C22H27N3O2. The van der Waals surface area contributed by atoms with E-state index in [2.05, 4.69) is 46.1 Å². The zero-order valence-electron chi connectivity index (χ0n) is 15.9. The van der Waals surface area contributed by atoms with Gasteiger partial charge in [0.25, 0.3) is 0 Å². The molecule has 2 aliphatic rings. The van der Waals surface area contributed by atoms with Gasteiger partial charge in [0.2, 0.25) is 0 Å². The highest BCUT2D eigenvalue weighted by atomic mass is 16.5. The number of esters is 1. The second-order valence-electron chi connectivity index (χ2n) is 7.75. The van der Waals surface area contributed by atoms with Gasteiger partial charge in [-0.3, -0.25) is 9.78 Å². The van der Waals surface area contributed by atoms with Gasteiger partial charge in [-0.25, -0.2) is 4.98 Å². The van der Waals surface area contributed by atoms with E-state index in [1.54, 1.807) is 18.6 Å². The topological polar surface area (TPSA) is 55.3 Å². The van der Waals surface area contributed by atoms with Gasteiger partial charge in [0.05, 0.1) is 12.1 Å². The average Bonchev–Trinajstić information content (AvgIpc) is 3.17. The predicted molar refractivity (Wildman–Crippen MR) is 105 cm³/mol. The maximum absolute atomic E-state index is 12.8. The molecule has 1 aromatic carbocycles. The van der Waals surface area contributed by atoms with Crippen LogP contribution in [-0.2, 0) is 9.53 Å². The molecule has 4 rings (SSSR count). The lowest BCUT2D eigenvalue weighted by molar-refractivity contribution is -0.155. The maximum atomic E-state index is 12.8. The zero-order chi connectivity index (χ0) is 18.6. The Kier molecular flexibility index (Phi) is 5.37. The lowest BCUT2D eigenvalue weighted by atomic mass is 9.94. The van der Waals surface area contributed by atoms with Crippen LogP contribution in [-0.4, -0.2) is 35.1 Å². The number of carbonyl (C=O) groups is 1. The van der Waals surface area contributed by atoms with Gasteiger partial charge in [-0.1, -0.05) is 29.8 Å². The summed E-state index contributed by atoms with van der Waals surface area (Å²) in [5.41, 5.74) is 2.56. The van der Waals surface area contributed by atoms with Crippen molar-refractivity contribution in [2.45, 2.75) is 51.0 Å². The molecule has 1 saturated heterocycles. The van der Waals surface area contributed by atoms with Crippen LogP contribution in [0.1, 0.15) is 49.1 Å². The fourth-order valence-corrected chi connectivity index (χ4v) is 4.31. The predicted octanol–water partition coefficient (Wildman–Crippen LogP) is 3.88. The number of nitrogens with zero attached hydrogens (tertiary/aromatic N) is 3. The van der Waals surface area contributed by atoms with Crippen LogP contribution in [0.3, 0.4) is 0 Å². The SMILES string of the molecule is Cc1ccc([C@@H]2CCC[C@H]2OC(=O)C2CCN(c3cnccn3)CC2)cc1. The van der Waals surface area contributed by atoms with E-state index in [9.17, 15) is 4.79 Å². The molecule has 142 valence electrons. The fraction of sp³-hybridized carbons (Fsp3) is 0.500. The Bertz CT molecular complexity index is 755. The number of hydrogen-bond donors (Lipinski definition) is 0. The number of piperidine rings is 1. The van der Waals surface area contributed by atoms with E-state index in [1.807, 2.05) is 0 Å². The van der Waals surface area contributed by atoms with E-state index in [0.29, 0.717) is 5.92 Å². The van der Waals surface area contributed by atoms with Gasteiger partial charge in [-0.2, -0.15) is 0 Å². The number of aryl methyl sites for hydroxylation is 1. The maximum Gasteiger partial charge on any atom is 0.309 e. The molecule has 1 aromatic heterocycles. The standard InChI is InChI=1S/C22H27N3O2/c1-16-5-7-17(8-6-16)19-3-2-4-20(19)27-22(26)18-9-13-25(14-10-18)21-15-23-11-12-24-21/h5-8,11-12,15,18-20H,2-4,9-10,13-14H2,1H3/t19-,20+/m0/s1. The minimum atomic E-state index is -0.0159. The van der Waals surface area contributed by atoms with Crippen LogP contribution in [0.15, 0.2) is 42.9 Å². The number of ether oxygens (including phenoxy) is 1. The number of aromatic nitrogens is 2. The normalized spacial score (nSPS) is 23.4. The molecular weight excluding hydrogens is 338 g/mol. The smallest absolute Gasteiger partial charge is 0.309 e. The third-order valence-electron chi connectivity index (χ3n) is 5.93. The van der Waals surface area contributed by atoms with Crippen molar-refractivity contribution in [2.75, 3.05) is 18.0 Å². The Balaban J connectivity index is 1.33. The van der Waals surface area contributed by atoms with Crippen LogP contribution in [0.4, 0.5) is 5.82 Å². The molecule has 0 bridgehead atoms. The Morgan fingerprint density at radius 3 is 2.56 bits per heavy atom. The first kappa shape index (κ1) is 18.0. The molecule has 0 spiro atoms. The van der Waals surface area contributed by atoms with Crippen LogP contribution in [0.2, 0.25) is 0 Å². The van der Waals surface area contributed by atoms with Gasteiger partial charge >= 0.3 is 5.97 Å². The summed E-state index contributed by atoms with van der Waals surface area (Å²) in [7, 11) is 0. The van der Waals surface area contributed by atoms with Crippen molar-refractivity contribution in [1.82, 2.24) is 9.97 Å². The van der Waals surface area contributed by atoms with Crippen molar-refractivity contribution in [3.05, 3.63) is 54.0 Å². The quantitative estimate of drug-likeness (QED) is 0.770. The Morgan fingerprint density at radius 1 is 1.07 bits per heavy atom. The van der Waals surface area contributed by atoms with Crippen molar-refractivity contribution < 1.29 is 9.53 Å². The van der Waals surface area contributed by atoms with Gasteiger partial charge in [0, 0.05) is 31.4 Å². The van der Waals surface area contributed by atoms with Crippen LogP contribution >= 0.6 is 0 Å². The largest absolute Gasteiger partial charge is 0.462 e. The summed E-state index contributed by atoms with van der Waals surface area (Å²) in [5.74, 6) is 1.21. The minimum Gasteiger partial charge on any atom is -0.462 e. The molecule has 0 unspecified atom stereocenters. The minimum absolute atomic E-state index is 0.00260. The number of benzene rings is 1. The van der Waals surface area contributed by atoms with Gasteiger partial charge in [0.1, 0.15) is 11.9 Å². The van der Waals surface area contributed by atoms with Crippen LogP contribution in [0.5, 0.6) is 0 Å². The molecule has 0 amide bonds. The molecule has 0 radical (unpaired) electrons. The number of rotatable bonds is 4. The van der Waals surface area contributed by atoms with Crippen molar-refractivity contribution in [1.29, 1.82) is 0 Å². The van der Waals surface area contributed by atoms with Crippen molar-refractivity contribution in [3.8, 4) is 0 Å². The average molecular weight is 365 g/mol. The molecule has 2 atom stereocenters. The van der Waals surface area contributed by atoms with Crippen LogP contribution < -0.4 is 4.90 Å². The third kappa shape index (κ3) is 4.12. The molecule has 1 aliphatic carbocycles. The molecule has 1 aliphatic heterocycles. The highest BCUT2D eigenvalue weighted by Gasteiger charge is 2.34. The Hall–Kier alpha value is -2.43. The van der Waals surface area contributed by atoms with Gasteiger partial charge in [-0.15, -0.1) is 0 Å². The highest BCUT2D eigenvalue weighted by molar-refractivity contribution is 5.73. The summed E-state index contributed by atoms with van der Waals surface area (Å²) in [6.45, 7) is 3.75. The second kappa shape index (κ2) is 8.07. The van der Waals surface area contributed by atoms with Crippen molar-refractivity contribution in [3.63, 3.8) is 0 Å². The fourth-order valence-electron chi connectivity index (χ4n) is 4.31. The van der Waals surface area contributed by atoms with E-state index < -0.39 is 0 Å². The van der Waals surface area contributed by atoms with Crippen molar-refractivity contribution in [2.24, 2.45) is 5.92 Å². The van der Waals surface area contributed by atoms with Crippen molar-refractivity contribution >= 4 is 11.8 Å². The summed E-state index contributed by atoms with van der Waals surface area (Å²) in [6.07, 6.45) is 10.0. The molecule has 27 heavy (non-hydrogen) atoms. The monoisotopic (exact) mass is 365 g/mol. The van der Waals surface area contributed by atoms with Crippen LogP contribution in [0.25, 0.3) is 0 Å². The lowest BCUT2D eigenvalue weighted by Crippen LogP contribution is -2.38. The first-order chi connectivity index (χ1) is 13.2. The summed E-state index contributed by atoms with van der Waals surface area (Å²) in [4.78, 5) is 23.4. The van der Waals surface area contributed by atoms with Crippen LogP contribution in [0, 0.1) is 12.8 Å². The van der Waals surface area contributed by atoms with E-state index >= 15 is 0 Å². The van der Waals surface area contributed by atoms with Gasteiger partial charge in [-0.05, 0) is 44.6 Å². The summed E-state index contributed by atoms with van der Waals surface area (Å²) < 4.78 is 6.00. The summed E-state index contributed by atoms with van der Waals surface area (Å²) in [5, 5.41) is 0. The van der Waals surface area contributed by atoms with Gasteiger partial charge < -0.3 is 9.64 Å². The van der Waals surface area contributed by atoms with E-state index in [4.69, 9.17) is 4.74 Å². The number of carbonyl (C=O) groups excluding carboxylic acids is 1. The summed E-state index contributed by atoms with van der Waals surface area (Å²) >= 11 is 0. The number of hydrogen-bond acceptors (Lipinski definition) is 5. The van der Waals surface area contributed by atoms with E-state index in [-0.39, 0.29) is 18.0 Å².